The Labute approximate surface area is 140 Å². The Morgan fingerprint density at radius 3 is 2.78 bits per heavy atom. The zero-order valence-corrected chi connectivity index (χ0v) is 14.2. The first-order valence-corrected chi connectivity index (χ1v) is 8.93. The maximum atomic E-state index is 11.8. The van der Waals surface area contributed by atoms with E-state index in [2.05, 4.69) is 53.1 Å². The van der Waals surface area contributed by atoms with Gasteiger partial charge in [0, 0.05) is 32.6 Å². The van der Waals surface area contributed by atoms with Crippen LogP contribution in [0.25, 0.3) is 6.08 Å². The van der Waals surface area contributed by atoms with Crippen molar-refractivity contribution in [3.05, 3.63) is 41.5 Å². The topological polar surface area (TPSA) is 23.6 Å². The first-order valence-electron chi connectivity index (χ1n) is 8.93. The minimum absolute atomic E-state index is 0.363. The van der Waals surface area contributed by atoms with Gasteiger partial charge in [0.2, 0.25) is 5.91 Å². The zero-order valence-electron chi connectivity index (χ0n) is 14.2. The van der Waals surface area contributed by atoms with Gasteiger partial charge < -0.3 is 4.90 Å². The SMILES string of the molecule is C/C(=C\c1ccccc1)CN1CCC[C@H](CN2CCCC2=O)C1. The molecular weight excluding hydrogens is 284 g/mol. The van der Waals surface area contributed by atoms with Crippen LogP contribution < -0.4 is 0 Å². The molecule has 2 aliphatic heterocycles. The Kier molecular flexibility index (Phi) is 5.50. The first-order chi connectivity index (χ1) is 11.2. The predicted molar refractivity (Wildman–Crippen MR) is 95.1 cm³/mol. The van der Waals surface area contributed by atoms with E-state index in [-0.39, 0.29) is 0 Å². The fraction of sp³-hybridized carbons (Fsp3) is 0.550. The van der Waals surface area contributed by atoms with Crippen LogP contribution in [0, 0.1) is 5.92 Å². The molecule has 0 aliphatic carbocycles. The molecule has 2 aliphatic rings. The molecule has 0 aromatic heterocycles. The average molecular weight is 312 g/mol. The summed E-state index contributed by atoms with van der Waals surface area (Å²) in [5.41, 5.74) is 2.69. The molecular formula is C20H28N2O. The summed E-state index contributed by atoms with van der Waals surface area (Å²) in [6.07, 6.45) is 6.62. The molecule has 0 N–H and O–H groups in total. The Hall–Kier alpha value is -1.61. The van der Waals surface area contributed by atoms with E-state index in [1.165, 1.54) is 30.5 Å². The van der Waals surface area contributed by atoms with Crippen molar-refractivity contribution in [2.45, 2.75) is 32.6 Å². The molecule has 0 bridgehead atoms. The van der Waals surface area contributed by atoms with Crippen LogP contribution in [0.5, 0.6) is 0 Å². The van der Waals surface area contributed by atoms with Gasteiger partial charge in [-0.15, -0.1) is 0 Å². The maximum absolute atomic E-state index is 11.8. The largest absolute Gasteiger partial charge is 0.342 e. The fourth-order valence-electron chi connectivity index (χ4n) is 3.88. The van der Waals surface area contributed by atoms with E-state index in [1.807, 2.05) is 0 Å². The van der Waals surface area contributed by atoms with Crippen LogP contribution in [0.3, 0.4) is 0 Å². The van der Waals surface area contributed by atoms with Crippen molar-refractivity contribution in [1.82, 2.24) is 9.80 Å². The zero-order chi connectivity index (χ0) is 16.1. The number of hydrogen-bond donors (Lipinski definition) is 0. The van der Waals surface area contributed by atoms with Gasteiger partial charge in [-0.1, -0.05) is 42.0 Å². The molecule has 1 aromatic carbocycles. The van der Waals surface area contributed by atoms with Crippen molar-refractivity contribution in [2.24, 2.45) is 5.92 Å². The van der Waals surface area contributed by atoms with Crippen LogP contribution >= 0.6 is 0 Å². The van der Waals surface area contributed by atoms with Gasteiger partial charge in [-0.05, 0) is 44.2 Å². The minimum Gasteiger partial charge on any atom is -0.342 e. The average Bonchev–Trinajstić information content (AvgIpc) is 2.93. The lowest BCUT2D eigenvalue weighted by Gasteiger charge is -2.34. The number of amides is 1. The molecule has 0 radical (unpaired) electrons. The number of carbonyl (C=O) groups excluding carboxylic acids is 1. The Morgan fingerprint density at radius 1 is 1.22 bits per heavy atom. The van der Waals surface area contributed by atoms with Gasteiger partial charge in [-0.2, -0.15) is 0 Å². The van der Waals surface area contributed by atoms with Gasteiger partial charge in [0.25, 0.3) is 0 Å². The summed E-state index contributed by atoms with van der Waals surface area (Å²) in [6, 6.07) is 10.5. The van der Waals surface area contributed by atoms with Gasteiger partial charge in [0.15, 0.2) is 0 Å². The van der Waals surface area contributed by atoms with Crippen LogP contribution in [0.15, 0.2) is 35.9 Å². The number of benzene rings is 1. The van der Waals surface area contributed by atoms with Crippen molar-refractivity contribution in [1.29, 1.82) is 0 Å². The van der Waals surface area contributed by atoms with Crippen LogP contribution in [0.4, 0.5) is 0 Å². The number of carbonyl (C=O) groups is 1. The molecule has 23 heavy (non-hydrogen) atoms. The molecule has 124 valence electrons. The molecule has 3 nitrogen and oxygen atoms in total. The third-order valence-electron chi connectivity index (χ3n) is 4.94. The Bertz CT molecular complexity index is 552. The van der Waals surface area contributed by atoms with E-state index < -0.39 is 0 Å². The van der Waals surface area contributed by atoms with Gasteiger partial charge in [-0.25, -0.2) is 0 Å². The number of nitrogens with zero attached hydrogens (tertiary/aromatic N) is 2. The fourth-order valence-corrected chi connectivity index (χ4v) is 3.88. The highest BCUT2D eigenvalue weighted by molar-refractivity contribution is 5.78. The van der Waals surface area contributed by atoms with Gasteiger partial charge in [0.1, 0.15) is 0 Å². The highest BCUT2D eigenvalue weighted by Gasteiger charge is 2.26. The van der Waals surface area contributed by atoms with Crippen molar-refractivity contribution in [3.8, 4) is 0 Å². The van der Waals surface area contributed by atoms with E-state index in [1.54, 1.807) is 0 Å². The molecule has 0 unspecified atom stereocenters. The van der Waals surface area contributed by atoms with E-state index in [0.717, 1.165) is 39.0 Å². The van der Waals surface area contributed by atoms with Crippen molar-refractivity contribution in [3.63, 3.8) is 0 Å². The van der Waals surface area contributed by atoms with Crippen molar-refractivity contribution < 1.29 is 4.79 Å². The molecule has 0 spiro atoms. The molecule has 0 saturated carbocycles. The summed E-state index contributed by atoms with van der Waals surface area (Å²) in [5, 5.41) is 0. The number of piperidine rings is 1. The molecule has 3 heteroatoms. The summed E-state index contributed by atoms with van der Waals surface area (Å²) < 4.78 is 0. The lowest BCUT2D eigenvalue weighted by atomic mass is 9.97. The smallest absolute Gasteiger partial charge is 0.222 e. The van der Waals surface area contributed by atoms with E-state index in [9.17, 15) is 4.79 Å². The lowest BCUT2D eigenvalue weighted by molar-refractivity contribution is -0.128. The molecule has 3 rings (SSSR count). The standard InChI is InChI=1S/C20H28N2O/c1-17(13-18-7-3-2-4-8-18)14-21-11-5-9-19(15-21)16-22-12-6-10-20(22)23/h2-4,7-8,13,19H,5-6,9-12,14-16H2,1H3/b17-13+/t19-/m0/s1. The van der Waals surface area contributed by atoms with E-state index >= 15 is 0 Å². The first kappa shape index (κ1) is 16.3. The molecule has 1 atom stereocenters. The summed E-state index contributed by atoms with van der Waals surface area (Å²) in [6.45, 7) is 7.52. The van der Waals surface area contributed by atoms with Gasteiger partial charge in [-0.3, -0.25) is 9.69 Å². The third kappa shape index (κ3) is 4.68. The molecule has 1 aromatic rings. The van der Waals surface area contributed by atoms with Crippen LogP contribution in [-0.4, -0.2) is 48.4 Å². The van der Waals surface area contributed by atoms with E-state index in [0.29, 0.717) is 11.8 Å². The second-order valence-corrected chi connectivity index (χ2v) is 7.09. The van der Waals surface area contributed by atoms with Crippen molar-refractivity contribution >= 4 is 12.0 Å². The van der Waals surface area contributed by atoms with Crippen LogP contribution in [0.2, 0.25) is 0 Å². The second kappa shape index (κ2) is 7.78. The number of rotatable bonds is 5. The van der Waals surface area contributed by atoms with Gasteiger partial charge in [0.05, 0.1) is 0 Å². The number of likely N-dealkylation sites (tertiary alicyclic amines) is 2. The normalized spacial score (nSPS) is 23.5. The van der Waals surface area contributed by atoms with Gasteiger partial charge >= 0.3 is 0 Å². The summed E-state index contributed by atoms with van der Waals surface area (Å²) >= 11 is 0. The number of hydrogen-bond acceptors (Lipinski definition) is 2. The molecule has 2 fully saturated rings. The summed E-state index contributed by atoms with van der Waals surface area (Å²) in [7, 11) is 0. The predicted octanol–water partition coefficient (Wildman–Crippen LogP) is 3.42. The summed E-state index contributed by atoms with van der Waals surface area (Å²) in [5.74, 6) is 1.01. The summed E-state index contributed by atoms with van der Waals surface area (Å²) in [4.78, 5) is 16.5. The lowest BCUT2D eigenvalue weighted by Crippen LogP contribution is -2.41. The van der Waals surface area contributed by atoms with E-state index in [4.69, 9.17) is 0 Å². The molecule has 2 saturated heterocycles. The van der Waals surface area contributed by atoms with Crippen LogP contribution in [0.1, 0.15) is 38.2 Å². The quantitative estimate of drug-likeness (QED) is 0.831. The minimum atomic E-state index is 0.363. The van der Waals surface area contributed by atoms with Crippen LogP contribution in [-0.2, 0) is 4.79 Å². The highest BCUT2D eigenvalue weighted by Crippen LogP contribution is 2.21. The third-order valence-corrected chi connectivity index (χ3v) is 4.94. The second-order valence-electron chi connectivity index (χ2n) is 7.09. The van der Waals surface area contributed by atoms with Crippen molar-refractivity contribution in [2.75, 3.05) is 32.7 Å². The Morgan fingerprint density at radius 2 is 2.04 bits per heavy atom. The maximum Gasteiger partial charge on any atom is 0.222 e. The molecule has 1 amide bonds. The molecule has 2 heterocycles. The monoisotopic (exact) mass is 312 g/mol. The Balaban J connectivity index is 1.52. The highest BCUT2D eigenvalue weighted by atomic mass is 16.2.